The van der Waals surface area contributed by atoms with E-state index in [-0.39, 0.29) is 24.2 Å². The van der Waals surface area contributed by atoms with Gasteiger partial charge in [0, 0.05) is 32.0 Å². The largest absolute Gasteiger partial charge is 0.378 e. The molecule has 1 aliphatic heterocycles. The van der Waals surface area contributed by atoms with Crippen LogP contribution in [0.5, 0.6) is 0 Å². The molecule has 0 aliphatic carbocycles. The molecule has 0 saturated carbocycles. The first-order valence-corrected chi connectivity index (χ1v) is 8.72. The Morgan fingerprint density at radius 1 is 1.35 bits per heavy atom. The van der Waals surface area contributed by atoms with Crippen molar-refractivity contribution in [2.24, 2.45) is 0 Å². The number of aryl methyl sites for hydroxylation is 1. The van der Waals surface area contributed by atoms with Gasteiger partial charge in [0.25, 0.3) is 0 Å². The quantitative estimate of drug-likeness (QED) is 0.844. The van der Waals surface area contributed by atoms with Crippen molar-refractivity contribution in [1.82, 2.24) is 9.88 Å². The molecular weight excluding hydrogens is 333 g/mol. The van der Waals surface area contributed by atoms with Crippen LogP contribution in [0.25, 0.3) is 0 Å². The highest BCUT2D eigenvalue weighted by Gasteiger charge is 2.27. The summed E-state index contributed by atoms with van der Waals surface area (Å²) >= 11 is 0. The first kappa shape index (κ1) is 18.3. The number of ether oxygens (including phenoxy) is 1. The van der Waals surface area contributed by atoms with Gasteiger partial charge in [0.1, 0.15) is 11.9 Å². The lowest BCUT2D eigenvalue weighted by Crippen LogP contribution is -2.43. The zero-order valence-corrected chi connectivity index (χ0v) is 15.4. The number of carbonyl (C=O) groups is 1. The maximum atomic E-state index is 13.3. The minimum Gasteiger partial charge on any atom is -0.378 e. The number of hydrogen-bond acceptors (Lipinski definition) is 4. The fraction of sp³-hybridized carbons (Fsp3) is 0.400. The molecule has 2 heterocycles. The number of hydrogen-bond donors (Lipinski definition) is 0. The fourth-order valence-electron chi connectivity index (χ4n) is 3.09. The molecule has 1 atom stereocenters. The normalized spacial score (nSPS) is 17.2. The molecule has 1 saturated heterocycles. The molecule has 0 N–H and O–H groups in total. The van der Waals surface area contributed by atoms with E-state index >= 15 is 0 Å². The Morgan fingerprint density at radius 3 is 2.88 bits per heavy atom. The Hall–Kier alpha value is -2.47. The van der Waals surface area contributed by atoms with Crippen molar-refractivity contribution in [2.75, 3.05) is 38.7 Å². The highest BCUT2D eigenvalue weighted by atomic mass is 19.1. The van der Waals surface area contributed by atoms with Crippen LogP contribution in [0.3, 0.4) is 0 Å². The van der Waals surface area contributed by atoms with Crippen LogP contribution < -0.4 is 4.90 Å². The molecule has 26 heavy (non-hydrogen) atoms. The van der Waals surface area contributed by atoms with Crippen LogP contribution in [0.4, 0.5) is 10.1 Å². The summed E-state index contributed by atoms with van der Waals surface area (Å²) in [5, 5.41) is 0. The van der Waals surface area contributed by atoms with Gasteiger partial charge in [0.05, 0.1) is 25.3 Å². The van der Waals surface area contributed by atoms with E-state index in [9.17, 15) is 9.18 Å². The highest BCUT2D eigenvalue weighted by Crippen LogP contribution is 2.25. The SMILES string of the molecule is Cc1cc(N(C)C)cc([C@@H]2CN(C(=O)Cc3cccc(F)c3)CCO2)n1. The maximum absolute atomic E-state index is 13.3. The third-order valence-electron chi connectivity index (χ3n) is 4.47. The van der Waals surface area contributed by atoms with Crippen LogP contribution in [0.1, 0.15) is 23.1 Å². The van der Waals surface area contributed by atoms with Crippen molar-refractivity contribution < 1.29 is 13.9 Å². The number of aromatic nitrogens is 1. The van der Waals surface area contributed by atoms with Crippen LogP contribution >= 0.6 is 0 Å². The summed E-state index contributed by atoms with van der Waals surface area (Å²) in [6, 6.07) is 10.2. The number of nitrogens with zero attached hydrogens (tertiary/aromatic N) is 3. The zero-order chi connectivity index (χ0) is 18.7. The molecule has 1 fully saturated rings. The van der Waals surface area contributed by atoms with Gasteiger partial charge in [0.15, 0.2) is 0 Å². The summed E-state index contributed by atoms with van der Waals surface area (Å²) in [6.07, 6.45) is -0.0619. The second-order valence-electron chi connectivity index (χ2n) is 6.79. The van der Waals surface area contributed by atoms with E-state index in [0.717, 1.165) is 17.1 Å². The molecular formula is C20H24FN3O2. The summed E-state index contributed by atoms with van der Waals surface area (Å²) in [6.45, 7) is 3.41. The Balaban J connectivity index is 1.72. The topological polar surface area (TPSA) is 45.7 Å². The zero-order valence-electron chi connectivity index (χ0n) is 15.4. The number of halogens is 1. The molecule has 1 aromatic heterocycles. The third kappa shape index (κ3) is 4.38. The van der Waals surface area contributed by atoms with Crippen molar-refractivity contribution >= 4 is 11.6 Å². The van der Waals surface area contributed by atoms with Gasteiger partial charge in [0.2, 0.25) is 5.91 Å². The Bertz CT molecular complexity index is 794. The summed E-state index contributed by atoms with van der Waals surface area (Å²) in [7, 11) is 3.96. The minimum atomic E-state index is -0.324. The van der Waals surface area contributed by atoms with E-state index in [1.54, 1.807) is 17.0 Å². The van der Waals surface area contributed by atoms with Crippen molar-refractivity contribution in [3.63, 3.8) is 0 Å². The molecule has 1 amide bonds. The smallest absolute Gasteiger partial charge is 0.227 e. The van der Waals surface area contributed by atoms with Gasteiger partial charge in [-0.2, -0.15) is 0 Å². The fourth-order valence-corrected chi connectivity index (χ4v) is 3.09. The number of amides is 1. The third-order valence-corrected chi connectivity index (χ3v) is 4.47. The predicted octanol–water partition coefficient (Wildman–Crippen LogP) is 2.74. The first-order valence-electron chi connectivity index (χ1n) is 8.72. The van der Waals surface area contributed by atoms with Gasteiger partial charge >= 0.3 is 0 Å². The van der Waals surface area contributed by atoms with Crippen molar-refractivity contribution in [3.8, 4) is 0 Å². The number of morpholine rings is 1. The number of pyridine rings is 1. The molecule has 3 rings (SSSR count). The van der Waals surface area contributed by atoms with E-state index in [2.05, 4.69) is 4.98 Å². The molecule has 0 spiro atoms. The van der Waals surface area contributed by atoms with Gasteiger partial charge in [-0.1, -0.05) is 12.1 Å². The summed E-state index contributed by atoms with van der Waals surface area (Å²) in [5.74, 6) is -0.347. The summed E-state index contributed by atoms with van der Waals surface area (Å²) < 4.78 is 19.2. The summed E-state index contributed by atoms with van der Waals surface area (Å²) in [5.41, 5.74) is 3.48. The van der Waals surface area contributed by atoms with E-state index in [4.69, 9.17) is 4.74 Å². The van der Waals surface area contributed by atoms with Gasteiger partial charge in [-0.3, -0.25) is 9.78 Å². The van der Waals surface area contributed by atoms with Crippen LogP contribution in [0.2, 0.25) is 0 Å². The molecule has 1 aliphatic rings. The molecule has 0 radical (unpaired) electrons. The Labute approximate surface area is 153 Å². The molecule has 1 aromatic carbocycles. The second-order valence-corrected chi connectivity index (χ2v) is 6.79. The average molecular weight is 357 g/mol. The number of rotatable bonds is 4. The molecule has 5 nitrogen and oxygen atoms in total. The van der Waals surface area contributed by atoms with E-state index < -0.39 is 0 Å². The lowest BCUT2D eigenvalue weighted by Gasteiger charge is -2.33. The van der Waals surface area contributed by atoms with E-state index in [0.29, 0.717) is 25.3 Å². The standard InChI is InChI=1S/C20H24FN3O2/c1-14-9-17(23(2)3)12-18(22-14)19-13-24(7-8-26-19)20(25)11-15-5-4-6-16(21)10-15/h4-6,9-10,12,19H,7-8,11,13H2,1-3H3/t19-/m0/s1. The number of benzene rings is 1. The maximum Gasteiger partial charge on any atom is 0.227 e. The second kappa shape index (κ2) is 7.83. The van der Waals surface area contributed by atoms with Gasteiger partial charge in [-0.15, -0.1) is 0 Å². The molecule has 0 bridgehead atoms. The van der Waals surface area contributed by atoms with Crippen molar-refractivity contribution in [1.29, 1.82) is 0 Å². The lowest BCUT2D eigenvalue weighted by molar-refractivity contribution is -0.138. The van der Waals surface area contributed by atoms with Crippen LogP contribution in [0, 0.1) is 12.7 Å². The summed E-state index contributed by atoms with van der Waals surface area (Å²) in [4.78, 5) is 21.0. The van der Waals surface area contributed by atoms with Crippen LogP contribution in [-0.4, -0.2) is 49.6 Å². The number of anilines is 1. The van der Waals surface area contributed by atoms with Crippen LogP contribution in [0.15, 0.2) is 36.4 Å². The average Bonchev–Trinajstić information content (AvgIpc) is 2.61. The Morgan fingerprint density at radius 2 is 2.15 bits per heavy atom. The molecule has 6 heteroatoms. The van der Waals surface area contributed by atoms with Crippen LogP contribution in [-0.2, 0) is 16.0 Å². The predicted molar refractivity (Wildman–Crippen MR) is 98.7 cm³/mol. The molecule has 2 aromatic rings. The monoisotopic (exact) mass is 357 g/mol. The molecule has 138 valence electrons. The first-order chi connectivity index (χ1) is 12.4. The Kier molecular flexibility index (Phi) is 5.52. The van der Waals surface area contributed by atoms with Crippen molar-refractivity contribution in [3.05, 3.63) is 59.2 Å². The highest BCUT2D eigenvalue weighted by molar-refractivity contribution is 5.79. The lowest BCUT2D eigenvalue weighted by atomic mass is 10.1. The van der Waals surface area contributed by atoms with Gasteiger partial charge < -0.3 is 14.5 Å². The van der Waals surface area contributed by atoms with E-state index in [1.807, 2.05) is 38.1 Å². The minimum absolute atomic E-state index is 0.0237. The van der Waals surface area contributed by atoms with Gasteiger partial charge in [-0.25, -0.2) is 4.39 Å². The van der Waals surface area contributed by atoms with E-state index in [1.165, 1.54) is 12.1 Å². The number of carbonyl (C=O) groups excluding carboxylic acids is 1. The van der Waals surface area contributed by atoms with Gasteiger partial charge in [-0.05, 0) is 36.8 Å². The van der Waals surface area contributed by atoms with Crippen molar-refractivity contribution in [2.45, 2.75) is 19.4 Å². The molecule has 0 unspecified atom stereocenters.